The Morgan fingerprint density at radius 3 is 2.28 bits per heavy atom. The van der Waals surface area contributed by atoms with Crippen molar-refractivity contribution in [2.75, 3.05) is 0 Å². The molecular formula is C24H29Cl2N3. The normalized spacial score (nSPS) is 11.5. The Hall–Kier alpha value is -1.94. The molecule has 1 aromatic heterocycles. The number of nitrogens with two attached hydrogens (primary N) is 1. The zero-order valence-corrected chi connectivity index (χ0v) is 18.8. The predicted molar refractivity (Wildman–Crippen MR) is 125 cm³/mol. The number of aryl methyl sites for hydroxylation is 1. The van der Waals surface area contributed by atoms with Crippen molar-refractivity contribution in [3.63, 3.8) is 0 Å². The van der Waals surface area contributed by atoms with Crippen molar-refractivity contribution in [1.29, 1.82) is 0 Å². The Morgan fingerprint density at radius 2 is 1.62 bits per heavy atom. The summed E-state index contributed by atoms with van der Waals surface area (Å²) in [4.78, 5) is 8.10. The van der Waals surface area contributed by atoms with Crippen LogP contribution in [0.15, 0.2) is 54.7 Å². The van der Waals surface area contributed by atoms with E-state index in [2.05, 4.69) is 61.1 Å². The van der Waals surface area contributed by atoms with Gasteiger partial charge in [0, 0.05) is 11.6 Å². The van der Waals surface area contributed by atoms with Crippen LogP contribution in [-0.4, -0.2) is 16.0 Å². The van der Waals surface area contributed by atoms with Gasteiger partial charge in [-0.3, -0.25) is 0 Å². The van der Waals surface area contributed by atoms with E-state index in [1.54, 1.807) is 0 Å². The van der Waals surface area contributed by atoms with E-state index in [0.717, 1.165) is 23.1 Å². The van der Waals surface area contributed by atoms with Crippen molar-refractivity contribution in [2.45, 2.75) is 52.5 Å². The molecule has 0 fully saturated rings. The molecule has 0 aliphatic carbocycles. The first-order chi connectivity index (χ1) is 13.9. The number of benzene rings is 2. The maximum absolute atomic E-state index is 6.17. The first-order valence-corrected chi connectivity index (χ1v) is 10.8. The number of rotatable bonds is 6. The molecule has 0 saturated heterocycles. The van der Waals surface area contributed by atoms with Gasteiger partial charge in [0.15, 0.2) is 0 Å². The molecule has 0 radical (unpaired) electrons. The molecule has 29 heavy (non-hydrogen) atoms. The molecule has 3 aromatic rings. The highest BCUT2D eigenvalue weighted by molar-refractivity contribution is 6.33. The van der Waals surface area contributed by atoms with Gasteiger partial charge in [0.1, 0.15) is 0 Å². The molecule has 0 spiro atoms. The van der Waals surface area contributed by atoms with Crippen molar-refractivity contribution in [2.24, 2.45) is 5.73 Å². The van der Waals surface area contributed by atoms with Gasteiger partial charge in [-0.15, -0.1) is 0 Å². The summed E-state index contributed by atoms with van der Waals surface area (Å²) in [6.45, 7) is 6.41. The van der Waals surface area contributed by atoms with Crippen molar-refractivity contribution >= 4 is 23.2 Å². The molecule has 1 atom stereocenters. The summed E-state index contributed by atoms with van der Waals surface area (Å²) < 4.78 is 0. The van der Waals surface area contributed by atoms with Crippen LogP contribution in [0, 0.1) is 6.92 Å². The first kappa shape index (κ1) is 23.3. The fraction of sp³-hybridized carbons (Fsp3) is 0.333. The number of halogens is 2. The van der Waals surface area contributed by atoms with E-state index in [1.165, 1.54) is 31.0 Å². The number of unbranched alkanes of at least 4 members (excludes halogenated alkanes) is 1. The molecule has 0 aliphatic rings. The van der Waals surface area contributed by atoms with Crippen molar-refractivity contribution in [3.05, 3.63) is 70.6 Å². The van der Waals surface area contributed by atoms with Crippen molar-refractivity contribution < 1.29 is 0 Å². The van der Waals surface area contributed by atoms with Crippen LogP contribution in [0.5, 0.6) is 0 Å². The smallest absolute Gasteiger partial charge is 0.222 e. The van der Waals surface area contributed by atoms with E-state index in [0.29, 0.717) is 16.8 Å². The van der Waals surface area contributed by atoms with Crippen LogP contribution in [0.2, 0.25) is 10.3 Å². The summed E-state index contributed by atoms with van der Waals surface area (Å²) in [5.41, 5.74) is 10.7. The Balaban J connectivity index is 0.000000321. The molecule has 0 amide bonds. The second kappa shape index (κ2) is 11.9. The zero-order valence-electron chi connectivity index (χ0n) is 17.3. The lowest BCUT2D eigenvalue weighted by Crippen LogP contribution is -2.17. The summed E-state index contributed by atoms with van der Waals surface area (Å²) in [6.07, 6.45) is 6.40. The van der Waals surface area contributed by atoms with E-state index in [9.17, 15) is 0 Å². The Kier molecular flexibility index (Phi) is 9.59. The van der Waals surface area contributed by atoms with E-state index in [-0.39, 0.29) is 5.28 Å². The van der Waals surface area contributed by atoms with Crippen LogP contribution in [0.4, 0.5) is 0 Å². The Morgan fingerprint density at radius 1 is 0.966 bits per heavy atom. The second-order valence-electron chi connectivity index (χ2n) is 7.10. The third-order valence-corrected chi connectivity index (χ3v) is 5.11. The largest absolute Gasteiger partial charge is 0.328 e. The summed E-state index contributed by atoms with van der Waals surface area (Å²) in [5.74, 6) is 0. The third kappa shape index (κ3) is 7.43. The van der Waals surface area contributed by atoms with E-state index in [4.69, 9.17) is 28.9 Å². The maximum Gasteiger partial charge on any atom is 0.222 e. The highest BCUT2D eigenvalue weighted by Gasteiger charge is 2.08. The summed E-state index contributed by atoms with van der Waals surface area (Å²) >= 11 is 12.0. The Labute approximate surface area is 184 Å². The molecule has 2 N–H and O–H groups in total. The molecule has 3 nitrogen and oxygen atoms in total. The van der Waals surface area contributed by atoms with Crippen LogP contribution < -0.4 is 5.73 Å². The van der Waals surface area contributed by atoms with Gasteiger partial charge in [-0.2, -0.15) is 0 Å². The van der Waals surface area contributed by atoms with E-state index in [1.807, 2.05) is 18.2 Å². The number of aromatic nitrogens is 2. The molecular weight excluding hydrogens is 401 g/mol. The van der Waals surface area contributed by atoms with E-state index >= 15 is 0 Å². The van der Waals surface area contributed by atoms with Crippen LogP contribution in [-0.2, 0) is 0 Å². The Bertz CT molecular complexity index is 912. The number of nitrogens with zero attached hydrogens (tertiary/aromatic N) is 2. The standard InChI is InChI=1S/C17H12Cl2N2.C7H17N/c1-11-4-2-5-12(8-11)13-6-3-7-14(9-13)16-15(18)10-20-17(19)21-16;1-3-5-6-7(8)4-2/h2-10H,1H3;7H,3-6,8H2,1-2H3/t;7-/m.1/s1. The highest BCUT2D eigenvalue weighted by Crippen LogP contribution is 2.30. The molecule has 5 heteroatoms. The third-order valence-electron chi connectivity index (χ3n) is 4.65. The van der Waals surface area contributed by atoms with Gasteiger partial charge in [-0.25, -0.2) is 9.97 Å². The van der Waals surface area contributed by atoms with Crippen LogP contribution >= 0.6 is 23.2 Å². The van der Waals surface area contributed by atoms with Gasteiger partial charge in [0.25, 0.3) is 0 Å². The molecule has 0 bridgehead atoms. The average molecular weight is 430 g/mol. The molecule has 0 aliphatic heterocycles. The monoisotopic (exact) mass is 429 g/mol. The van der Waals surface area contributed by atoms with Gasteiger partial charge in [-0.1, -0.05) is 86.3 Å². The number of hydrogen-bond acceptors (Lipinski definition) is 3. The highest BCUT2D eigenvalue weighted by atomic mass is 35.5. The quantitative estimate of drug-likeness (QED) is 0.416. The van der Waals surface area contributed by atoms with Crippen LogP contribution in [0.25, 0.3) is 22.4 Å². The van der Waals surface area contributed by atoms with Gasteiger partial charge in [0.2, 0.25) is 5.28 Å². The predicted octanol–water partition coefficient (Wildman–Crippen LogP) is 7.34. The van der Waals surface area contributed by atoms with Crippen molar-refractivity contribution in [3.8, 4) is 22.4 Å². The maximum atomic E-state index is 6.17. The minimum Gasteiger partial charge on any atom is -0.328 e. The van der Waals surface area contributed by atoms with Gasteiger partial charge in [0.05, 0.1) is 16.9 Å². The molecule has 2 aromatic carbocycles. The summed E-state index contributed by atoms with van der Waals surface area (Å²) in [7, 11) is 0. The fourth-order valence-electron chi connectivity index (χ4n) is 2.89. The molecule has 1 heterocycles. The van der Waals surface area contributed by atoms with E-state index < -0.39 is 0 Å². The molecule has 0 unspecified atom stereocenters. The molecule has 154 valence electrons. The minimum atomic E-state index is 0.190. The van der Waals surface area contributed by atoms with Gasteiger partial charge in [-0.05, 0) is 48.6 Å². The number of hydrogen-bond donors (Lipinski definition) is 1. The topological polar surface area (TPSA) is 51.8 Å². The lowest BCUT2D eigenvalue weighted by Gasteiger charge is -2.07. The molecule has 3 rings (SSSR count). The average Bonchev–Trinajstić information content (AvgIpc) is 2.74. The zero-order chi connectivity index (χ0) is 21.2. The molecule has 0 saturated carbocycles. The fourth-order valence-corrected chi connectivity index (χ4v) is 3.22. The summed E-state index contributed by atoms with van der Waals surface area (Å²) in [5, 5.41) is 0.677. The van der Waals surface area contributed by atoms with Crippen LogP contribution in [0.1, 0.15) is 45.1 Å². The SMILES string of the molecule is CCCC[C@H](N)CC.Cc1cccc(-c2cccc(-c3nc(Cl)ncc3Cl)c2)c1. The second-order valence-corrected chi connectivity index (χ2v) is 7.84. The lowest BCUT2D eigenvalue weighted by atomic mass is 10.0. The first-order valence-electron chi connectivity index (χ1n) is 10.1. The van der Waals surface area contributed by atoms with Gasteiger partial charge >= 0.3 is 0 Å². The minimum absolute atomic E-state index is 0.190. The lowest BCUT2D eigenvalue weighted by molar-refractivity contribution is 0.562. The summed E-state index contributed by atoms with van der Waals surface area (Å²) in [6, 6.07) is 16.9. The van der Waals surface area contributed by atoms with Crippen molar-refractivity contribution in [1.82, 2.24) is 9.97 Å². The van der Waals surface area contributed by atoms with Crippen LogP contribution in [0.3, 0.4) is 0 Å². The van der Waals surface area contributed by atoms with Gasteiger partial charge < -0.3 is 5.73 Å².